The molecule has 5 nitrogen and oxygen atoms in total. The number of anilines is 2. The Morgan fingerprint density at radius 3 is 2.72 bits per heavy atom. The van der Waals surface area contributed by atoms with E-state index in [9.17, 15) is 4.39 Å². The third kappa shape index (κ3) is 4.12. The zero-order valence-corrected chi connectivity index (χ0v) is 16.8. The van der Waals surface area contributed by atoms with Gasteiger partial charge in [0.05, 0.1) is 29.4 Å². The molecule has 29 heavy (non-hydrogen) atoms. The van der Waals surface area contributed by atoms with Crippen molar-refractivity contribution in [3.8, 4) is 11.5 Å². The van der Waals surface area contributed by atoms with Crippen LogP contribution in [0.1, 0.15) is 25.7 Å². The lowest BCUT2D eigenvalue weighted by molar-refractivity contribution is 0.163. The minimum Gasteiger partial charge on any atom is -0.493 e. The smallest absolute Gasteiger partial charge is 0.165 e. The topological polar surface area (TPSA) is 56.3 Å². The Kier molecular flexibility index (Phi) is 5.53. The number of halogens is 2. The summed E-state index contributed by atoms with van der Waals surface area (Å²) in [5.74, 6) is 1.14. The maximum absolute atomic E-state index is 14.3. The maximum Gasteiger partial charge on any atom is 0.165 e. The van der Waals surface area contributed by atoms with Crippen LogP contribution in [-0.2, 0) is 0 Å². The third-order valence-corrected chi connectivity index (χ3v) is 5.35. The summed E-state index contributed by atoms with van der Waals surface area (Å²) in [4.78, 5) is 8.60. The fourth-order valence-corrected chi connectivity index (χ4v) is 3.61. The minimum absolute atomic E-state index is 0.0398. The van der Waals surface area contributed by atoms with Crippen LogP contribution in [0.15, 0.2) is 48.8 Å². The second kappa shape index (κ2) is 8.25. The molecule has 0 amide bonds. The van der Waals surface area contributed by atoms with Gasteiger partial charge in [0.15, 0.2) is 17.3 Å². The van der Waals surface area contributed by atoms with Gasteiger partial charge in [0.1, 0.15) is 12.1 Å². The highest BCUT2D eigenvalue weighted by molar-refractivity contribution is 6.31. The number of benzene rings is 2. The van der Waals surface area contributed by atoms with Crippen molar-refractivity contribution in [1.82, 2.24) is 9.97 Å². The Labute approximate surface area is 173 Å². The number of rotatable bonds is 5. The molecule has 0 atom stereocenters. The van der Waals surface area contributed by atoms with E-state index in [1.165, 1.54) is 18.0 Å². The Bertz CT molecular complexity index is 1060. The molecular weight excluding hydrogens is 393 g/mol. The van der Waals surface area contributed by atoms with Gasteiger partial charge >= 0.3 is 0 Å². The van der Waals surface area contributed by atoms with E-state index >= 15 is 0 Å². The fraction of sp³-hybridized carbons (Fsp3) is 0.273. The van der Waals surface area contributed by atoms with Crippen LogP contribution < -0.4 is 14.8 Å². The maximum atomic E-state index is 14.3. The van der Waals surface area contributed by atoms with Crippen LogP contribution in [0, 0.1) is 5.82 Å². The van der Waals surface area contributed by atoms with Gasteiger partial charge in [0.2, 0.25) is 0 Å². The predicted molar refractivity (Wildman–Crippen MR) is 113 cm³/mol. The summed E-state index contributed by atoms with van der Waals surface area (Å²) in [6.45, 7) is 4.05. The molecule has 0 aliphatic heterocycles. The Morgan fingerprint density at radius 1 is 1.17 bits per heavy atom. The zero-order chi connectivity index (χ0) is 20.4. The molecule has 1 aliphatic carbocycles. The minimum atomic E-state index is -0.534. The van der Waals surface area contributed by atoms with Crippen molar-refractivity contribution in [2.24, 2.45) is 0 Å². The molecule has 150 valence electrons. The van der Waals surface area contributed by atoms with Gasteiger partial charge in [-0.1, -0.05) is 29.8 Å². The van der Waals surface area contributed by atoms with E-state index in [4.69, 9.17) is 21.1 Å². The van der Waals surface area contributed by atoms with E-state index in [1.54, 1.807) is 25.3 Å². The third-order valence-electron chi connectivity index (χ3n) is 5.06. The van der Waals surface area contributed by atoms with E-state index in [2.05, 4.69) is 21.9 Å². The van der Waals surface area contributed by atoms with Gasteiger partial charge in [-0.05, 0) is 43.9 Å². The molecule has 0 radical (unpaired) electrons. The first-order valence-corrected chi connectivity index (χ1v) is 9.80. The number of allylic oxidation sites excluding steroid dienone is 1. The molecule has 1 fully saturated rings. The van der Waals surface area contributed by atoms with E-state index < -0.39 is 5.82 Å². The number of methoxy groups -OCH3 is 1. The molecule has 3 aromatic rings. The molecular formula is C22H21ClFN3O2. The lowest BCUT2D eigenvalue weighted by Gasteiger charge is -2.25. The van der Waals surface area contributed by atoms with Crippen LogP contribution in [0.3, 0.4) is 0 Å². The Hall–Kier alpha value is -2.86. The highest BCUT2D eigenvalue weighted by Gasteiger charge is 2.20. The van der Waals surface area contributed by atoms with Crippen molar-refractivity contribution in [3.05, 3.63) is 59.7 Å². The quantitative estimate of drug-likeness (QED) is 0.516. The molecule has 1 aromatic heterocycles. The summed E-state index contributed by atoms with van der Waals surface area (Å²) in [6, 6.07) is 8.41. The highest BCUT2D eigenvalue weighted by atomic mass is 35.5. The standard InChI is InChI=1S/C22H21ClFN3O2/c1-13-6-8-14(9-7-13)29-20-10-15-18(11-19(20)28-2)25-12-26-22(15)27-17-5-3-4-16(23)21(17)24/h3-5,10-12,14H,1,6-9H2,2H3,(H,25,26,27). The van der Waals surface area contributed by atoms with Crippen LogP contribution in [0.2, 0.25) is 5.02 Å². The van der Waals surface area contributed by atoms with Gasteiger partial charge < -0.3 is 14.8 Å². The number of aromatic nitrogens is 2. The lowest BCUT2D eigenvalue weighted by Crippen LogP contribution is -2.20. The molecule has 1 N–H and O–H groups in total. The second-order valence-electron chi connectivity index (χ2n) is 7.04. The van der Waals surface area contributed by atoms with Gasteiger partial charge in [-0.2, -0.15) is 0 Å². The summed E-state index contributed by atoms with van der Waals surface area (Å²) < 4.78 is 26.1. The summed E-state index contributed by atoms with van der Waals surface area (Å²) in [5, 5.41) is 3.75. The van der Waals surface area contributed by atoms with Crippen LogP contribution in [0.5, 0.6) is 11.5 Å². The van der Waals surface area contributed by atoms with E-state index in [0.717, 1.165) is 25.7 Å². The molecule has 0 bridgehead atoms. The van der Waals surface area contributed by atoms with Crippen molar-refractivity contribution in [2.75, 3.05) is 12.4 Å². The fourth-order valence-electron chi connectivity index (χ4n) is 3.44. The van der Waals surface area contributed by atoms with E-state index in [0.29, 0.717) is 28.2 Å². The summed E-state index contributed by atoms with van der Waals surface area (Å²) in [5.41, 5.74) is 2.16. The number of nitrogens with one attached hydrogen (secondary N) is 1. The SMILES string of the molecule is C=C1CCC(Oc2cc3c(Nc4cccc(Cl)c4F)ncnc3cc2OC)CC1. The van der Waals surface area contributed by atoms with Crippen molar-refractivity contribution in [2.45, 2.75) is 31.8 Å². The molecule has 1 heterocycles. The van der Waals surface area contributed by atoms with Crippen LogP contribution in [0.25, 0.3) is 10.9 Å². The molecule has 4 rings (SSSR count). The molecule has 0 saturated heterocycles. The number of fused-ring (bicyclic) bond motifs is 1. The highest BCUT2D eigenvalue weighted by Crippen LogP contribution is 2.37. The van der Waals surface area contributed by atoms with Gasteiger partial charge in [0, 0.05) is 11.5 Å². The van der Waals surface area contributed by atoms with Crippen LogP contribution in [-0.4, -0.2) is 23.2 Å². The van der Waals surface area contributed by atoms with Crippen LogP contribution >= 0.6 is 11.6 Å². The predicted octanol–water partition coefficient (Wildman–Crippen LogP) is 6.05. The number of hydrogen-bond acceptors (Lipinski definition) is 5. The summed E-state index contributed by atoms with van der Waals surface area (Å²) >= 11 is 5.89. The van der Waals surface area contributed by atoms with Crippen molar-refractivity contribution >= 4 is 34.0 Å². The average Bonchev–Trinajstić information content (AvgIpc) is 2.73. The first-order valence-electron chi connectivity index (χ1n) is 9.42. The monoisotopic (exact) mass is 413 g/mol. The number of ether oxygens (including phenoxy) is 2. The van der Waals surface area contributed by atoms with Crippen molar-refractivity contribution in [1.29, 1.82) is 0 Å². The molecule has 7 heteroatoms. The normalized spacial score (nSPS) is 14.8. The Morgan fingerprint density at radius 2 is 1.97 bits per heavy atom. The van der Waals surface area contributed by atoms with E-state index in [-0.39, 0.29) is 16.8 Å². The number of nitrogens with zero attached hydrogens (tertiary/aromatic N) is 2. The molecule has 2 aromatic carbocycles. The largest absolute Gasteiger partial charge is 0.493 e. The Balaban J connectivity index is 1.70. The van der Waals surface area contributed by atoms with Gasteiger partial charge in [0.25, 0.3) is 0 Å². The van der Waals surface area contributed by atoms with E-state index in [1.807, 2.05) is 6.07 Å². The van der Waals surface area contributed by atoms with Crippen molar-refractivity contribution < 1.29 is 13.9 Å². The first kappa shape index (κ1) is 19.5. The zero-order valence-electron chi connectivity index (χ0n) is 16.0. The summed E-state index contributed by atoms with van der Waals surface area (Å²) in [7, 11) is 1.60. The first-order chi connectivity index (χ1) is 14.0. The van der Waals surface area contributed by atoms with Crippen molar-refractivity contribution in [3.63, 3.8) is 0 Å². The molecule has 0 unspecified atom stereocenters. The molecule has 1 aliphatic rings. The average molecular weight is 414 g/mol. The molecule has 0 spiro atoms. The second-order valence-corrected chi connectivity index (χ2v) is 7.44. The van der Waals surface area contributed by atoms with Gasteiger partial charge in [-0.3, -0.25) is 0 Å². The lowest BCUT2D eigenvalue weighted by atomic mass is 9.94. The van der Waals surface area contributed by atoms with Crippen LogP contribution in [0.4, 0.5) is 15.9 Å². The van der Waals surface area contributed by atoms with Gasteiger partial charge in [-0.25, -0.2) is 14.4 Å². The molecule has 1 saturated carbocycles. The summed E-state index contributed by atoms with van der Waals surface area (Å²) in [6.07, 6.45) is 5.28. The number of hydrogen-bond donors (Lipinski definition) is 1. The van der Waals surface area contributed by atoms with Gasteiger partial charge in [-0.15, -0.1) is 0 Å².